The number of ether oxygens (including phenoxy) is 1. The molecule has 3 nitrogen and oxygen atoms in total. The molecule has 0 fully saturated rings. The van der Waals surface area contributed by atoms with Crippen LogP contribution in [0.4, 0.5) is 4.39 Å². The normalized spacial score (nSPS) is 10.6. The maximum absolute atomic E-state index is 13.8. The molecule has 0 saturated heterocycles. The first kappa shape index (κ1) is 14.9. The van der Waals surface area contributed by atoms with Crippen molar-refractivity contribution in [1.29, 1.82) is 0 Å². The third kappa shape index (κ3) is 3.77. The number of aryl methyl sites for hydroxylation is 1. The molecule has 1 N–H and O–H groups in total. The Labute approximate surface area is 126 Å². The first-order valence-electron chi connectivity index (χ1n) is 6.39. The Bertz CT molecular complexity index is 604. The fourth-order valence-corrected chi connectivity index (χ4v) is 2.06. The Balaban J connectivity index is 2.31. The lowest BCUT2D eigenvalue weighted by atomic mass is 10.2. The van der Waals surface area contributed by atoms with Gasteiger partial charge in [0.1, 0.15) is 5.75 Å². The second kappa shape index (κ2) is 6.81. The summed E-state index contributed by atoms with van der Waals surface area (Å²) in [4.78, 5) is 4.25. The zero-order valence-electron chi connectivity index (χ0n) is 11.4. The molecule has 0 radical (unpaired) electrons. The van der Waals surface area contributed by atoms with Crippen molar-refractivity contribution in [3.8, 4) is 11.5 Å². The number of nitrogens with one attached hydrogen (secondary N) is 1. The molecule has 2 aromatic rings. The Morgan fingerprint density at radius 3 is 2.85 bits per heavy atom. The average Bonchev–Trinajstić information content (AvgIpc) is 2.42. The molecule has 0 bridgehead atoms. The predicted molar refractivity (Wildman–Crippen MR) is 80.5 cm³/mol. The van der Waals surface area contributed by atoms with E-state index in [4.69, 9.17) is 4.74 Å². The van der Waals surface area contributed by atoms with Gasteiger partial charge in [0.25, 0.3) is 0 Å². The third-order valence-electron chi connectivity index (χ3n) is 2.76. The number of benzene rings is 1. The van der Waals surface area contributed by atoms with Crippen molar-refractivity contribution in [3.63, 3.8) is 0 Å². The van der Waals surface area contributed by atoms with Crippen LogP contribution < -0.4 is 10.1 Å². The summed E-state index contributed by atoms with van der Waals surface area (Å²) in [5.74, 6) is 0.426. The molecule has 0 aliphatic heterocycles. The van der Waals surface area contributed by atoms with Gasteiger partial charge in [-0.3, -0.25) is 4.98 Å². The summed E-state index contributed by atoms with van der Waals surface area (Å²) in [5, 5.41) is 3.21. The molecule has 1 heterocycles. The van der Waals surface area contributed by atoms with E-state index in [1.165, 1.54) is 6.07 Å². The first-order chi connectivity index (χ1) is 9.60. The number of aromatic nitrogens is 1. The van der Waals surface area contributed by atoms with Crippen LogP contribution in [0.3, 0.4) is 0 Å². The van der Waals surface area contributed by atoms with Gasteiger partial charge >= 0.3 is 0 Å². The van der Waals surface area contributed by atoms with Gasteiger partial charge in [0, 0.05) is 34.5 Å². The molecule has 0 atom stereocenters. The van der Waals surface area contributed by atoms with E-state index in [0.717, 1.165) is 22.3 Å². The fourth-order valence-electron chi connectivity index (χ4n) is 1.72. The Morgan fingerprint density at radius 2 is 2.10 bits per heavy atom. The van der Waals surface area contributed by atoms with E-state index in [9.17, 15) is 4.39 Å². The molecule has 5 heteroatoms. The van der Waals surface area contributed by atoms with Gasteiger partial charge in [-0.25, -0.2) is 4.39 Å². The minimum Gasteiger partial charge on any atom is -0.454 e. The summed E-state index contributed by atoms with van der Waals surface area (Å²) in [6.07, 6.45) is 1.75. The van der Waals surface area contributed by atoms with E-state index >= 15 is 0 Å². The topological polar surface area (TPSA) is 34.2 Å². The van der Waals surface area contributed by atoms with Gasteiger partial charge < -0.3 is 10.1 Å². The summed E-state index contributed by atoms with van der Waals surface area (Å²) < 4.78 is 20.2. The lowest BCUT2D eigenvalue weighted by Crippen LogP contribution is -2.13. The third-order valence-corrected chi connectivity index (χ3v) is 3.25. The highest BCUT2D eigenvalue weighted by Crippen LogP contribution is 2.30. The number of rotatable bonds is 5. The average molecular weight is 339 g/mol. The van der Waals surface area contributed by atoms with E-state index in [2.05, 4.69) is 26.2 Å². The zero-order valence-corrected chi connectivity index (χ0v) is 13.0. The Morgan fingerprint density at radius 1 is 1.30 bits per heavy atom. The Hall–Kier alpha value is -1.46. The van der Waals surface area contributed by atoms with E-state index in [1.807, 2.05) is 19.9 Å². The molecule has 2 rings (SSSR count). The number of pyridine rings is 1. The standard InChI is InChI=1S/C15H16BrFN2O/c1-3-18-8-11-9-19-10(2)6-14(11)20-15-7-12(16)4-5-13(15)17/h4-7,9,18H,3,8H2,1-2H3. The molecule has 0 aliphatic rings. The molecule has 20 heavy (non-hydrogen) atoms. The van der Waals surface area contributed by atoms with Gasteiger partial charge in [0.2, 0.25) is 0 Å². The summed E-state index contributed by atoms with van der Waals surface area (Å²) in [6.45, 7) is 5.38. The highest BCUT2D eigenvalue weighted by molar-refractivity contribution is 9.10. The van der Waals surface area contributed by atoms with Crippen molar-refractivity contribution in [3.05, 3.63) is 52.0 Å². The van der Waals surface area contributed by atoms with Gasteiger partial charge in [-0.1, -0.05) is 22.9 Å². The van der Waals surface area contributed by atoms with Crippen LogP contribution in [0.15, 0.2) is 34.9 Å². The van der Waals surface area contributed by atoms with Crippen LogP contribution in [0.1, 0.15) is 18.2 Å². The van der Waals surface area contributed by atoms with Crippen LogP contribution in [0.2, 0.25) is 0 Å². The lowest BCUT2D eigenvalue weighted by molar-refractivity contribution is 0.434. The van der Waals surface area contributed by atoms with E-state index in [1.54, 1.807) is 18.3 Å². The van der Waals surface area contributed by atoms with Crippen LogP contribution >= 0.6 is 15.9 Å². The molecule has 1 aromatic heterocycles. The predicted octanol–water partition coefficient (Wildman–Crippen LogP) is 4.19. The second-order valence-corrected chi connectivity index (χ2v) is 5.31. The Kier molecular flexibility index (Phi) is 5.09. The first-order valence-corrected chi connectivity index (χ1v) is 7.18. The van der Waals surface area contributed by atoms with Gasteiger partial charge in [-0.05, 0) is 31.7 Å². The van der Waals surface area contributed by atoms with Gasteiger partial charge in [-0.15, -0.1) is 0 Å². The SMILES string of the molecule is CCNCc1cnc(C)cc1Oc1cc(Br)ccc1F. The molecule has 0 spiro atoms. The van der Waals surface area contributed by atoms with Gasteiger partial charge in [-0.2, -0.15) is 0 Å². The van der Waals surface area contributed by atoms with Crippen molar-refractivity contribution in [2.45, 2.75) is 20.4 Å². The number of nitrogens with zero attached hydrogens (tertiary/aromatic N) is 1. The van der Waals surface area contributed by atoms with Crippen LogP contribution in [-0.4, -0.2) is 11.5 Å². The van der Waals surface area contributed by atoms with Crippen LogP contribution in [0.5, 0.6) is 11.5 Å². The van der Waals surface area contributed by atoms with Crippen LogP contribution in [0, 0.1) is 12.7 Å². The monoisotopic (exact) mass is 338 g/mol. The highest BCUT2D eigenvalue weighted by atomic mass is 79.9. The van der Waals surface area contributed by atoms with Crippen molar-refractivity contribution >= 4 is 15.9 Å². The maximum atomic E-state index is 13.8. The fraction of sp³-hybridized carbons (Fsp3) is 0.267. The highest BCUT2D eigenvalue weighted by Gasteiger charge is 2.10. The van der Waals surface area contributed by atoms with E-state index < -0.39 is 5.82 Å². The van der Waals surface area contributed by atoms with Crippen molar-refractivity contribution in [2.24, 2.45) is 0 Å². The van der Waals surface area contributed by atoms with Crippen molar-refractivity contribution < 1.29 is 9.13 Å². The van der Waals surface area contributed by atoms with E-state index in [0.29, 0.717) is 12.3 Å². The molecular weight excluding hydrogens is 323 g/mol. The largest absolute Gasteiger partial charge is 0.454 e. The van der Waals surface area contributed by atoms with Gasteiger partial charge in [0.05, 0.1) is 0 Å². The molecular formula is C15H16BrFN2O. The quantitative estimate of drug-likeness (QED) is 0.887. The number of hydrogen-bond acceptors (Lipinski definition) is 3. The molecule has 0 amide bonds. The lowest BCUT2D eigenvalue weighted by Gasteiger charge is -2.12. The van der Waals surface area contributed by atoms with E-state index in [-0.39, 0.29) is 5.75 Å². The summed E-state index contributed by atoms with van der Waals surface area (Å²) in [5.41, 5.74) is 1.73. The number of halogens is 2. The smallest absolute Gasteiger partial charge is 0.165 e. The summed E-state index contributed by atoms with van der Waals surface area (Å²) >= 11 is 3.31. The second-order valence-electron chi connectivity index (χ2n) is 4.39. The van der Waals surface area contributed by atoms with Crippen molar-refractivity contribution in [2.75, 3.05) is 6.54 Å². The van der Waals surface area contributed by atoms with Crippen molar-refractivity contribution in [1.82, 2.24) is 10.3 Å². The molecule has 0 unspecified atom stereocenters. The minimum atomic E-state index is -0.392. The minimum absolute atomic E-state index is 0.197. The number of hydrogen-bond donors (Lipinski definition) is 1. The summed E-state index contributed by atoms with van der Waals surface area (Å²) in [7, 11) is 0. The molecule has 0 saturated carbocycles. The van der Waals surface area contributed by atoms with Crippen LogP contribution in [-0.2, 0) is 6.54 Å². The molecule has 1 aromatic carbocycles. The van der Waals surface area contributed by atoms with Gasteiger partial charge in [0.15, 0.2) is 11.6 Å². The maximum Gasteiger partial charge on any atom is 0.165 e. The summed E-state index contributed by atoms with van der Waals surface area (Å²) in [6, 6.07) is 6.44. The molecule has 106 valence electrons. The molecule has 0 aliphatic carbocycles. The van der Waals surface area contributed by atoms with Crippen LogP contribution in [0.25, 0.3) is 0 Å². The zero-order chi connectivity index (χ0) is 14.5.